The molecule has 0 saturated carbocycles. The Hall–Kier alpha value is -5.49. The highest BCUT2D eigenvalue weighted by atomic mass is 16.7. The van der Waals surface area contributed by atoms with Crippen LogP contribution in [0.15, 0.2) is 97.1 Å². The van der Waals surface area contributed by atoms with Crippen LogP contribution in [0.1, 0.15) is 33.9 Å². The summed E-state index contributed by atoms with van der Waals surface area (Å²) in [5.74, 6) is 0.555. The fraction of sp³-hybridized carbons (Fsp3) is 0.182. The van der Waals surface area contributed by atoms with Crippen LogP contribution in [0.5, 0.6) is 11.5 Å². The van der Waals surface area contributed by atoms with Gasteiger partial charge in [-0.1, -0.05) is 60.7 Å². The molecule has 2 atom stereocenters. The van der Waals surface area contributed by atoms with E-state index < -0.39 is 18.4 Å². The quantitative estimate of drug-likeness (QED) is 0.241. The maximum atomic E-state index is 14.3. The fourth-order valence-corrected chi connectivity index (χ4v) is 4.92. The Morgan fingerprint density at radius 3 is 2.38 bits per heavy atom. The Morgan fingerprint density at radius 2 is 1.69 bits per heavy atom. The van der Waals surface area contributed by atoms with E-state index in [1.165, 1.54) is 12.0 Å². The molecule has 42 heavy (non-hydrogen) atoms. The molecule has 0 saturated heterocycles. The van der Waals surface area contributed by atoms with Gasteiger partial charge in [-0.2, -0.15) is 5.26 Å². The summed E-state index contributed by atoms with van der Waals surface area (Å²) in [6.45, 7) is 0.512. The molecule has 0 fully saturated rings. The molecule has 212 valence electrons. The number of anilines is 1. The van der Waals surface area contributed by atoms with Crippen molar-refractivity contribution in [3.05, 3.63) is 125 Å². The largest absolute Gasteiger partial charge is 0.507 e. The molecule has 0 bridgehead atoms. The molecule has 1 amide bonds. The first-order chi connectivity index (χ1) is 20.4. The number of methoxy groups -OCH3 is 1. The Labute approximate surface area is 243 Å². The Balaban J connectivity index is 1.49. The van der Waals surface area contributed by atoms with Gasteiger partial charge in [0.1, 0.15) is 12.6 Å². The number of ether oxygens (including phenoxy) is 3. The van der Waals surface area contributed by atoms with Crippen molar-refractivity contribution in [3.63, 3.8) is 0 Å². The molecule has 0 spiro atoms. The van der Waals surface area contributed by atoms with E-state index in [9.17, 15) is 20.0 Å². The molecule has 5 rings (SSSR count). The van der Waals surface area contributed by atoms with Gasteiger partial charge in [-0.05, 0) is 58.7 Å². The first-order valence-electron chi connectivity index (χ1n) is 13.3. The maximum Gasteiger partial charge on any atom is 0.507 e. The summed E-state index contributed by atoms with van der Waals surface area (Å²) in [4.78, 5) is 27.3. The lowest BCUT2D eigenvalue weighted by Gasteiger charge is -2.37. The topological polar surface area (TPSA) is 121 Å². The third-order valence-corrected chi connectivity index (χ3v) is 7.05. The Kier molecular flexibility index (Phi) is 8.54. The SMILES string of the molecule is COc1cc(C(Nc2ccc(C#N)cc2)C(=O)N2Cc3ccccc3CC2OC(=O)O)ccc1OCc1ccccc1. The smallest absolute Gasteiger partial charge is 0.493 e. The van der Waals surface area contributed by atoms with E-state index in [0.29, 0.717) is 34.9 Å². The zero-order valence-corrected chi connectivity index (χ0v) is 22.9. The van der Waals surface area contributed by atoms with E-state index in [-0.39, 0.29) is 18.9 Å². The molecule has 2 unspecified atom stereocenters. The van der Waals surface area contributed by atoms with Gasteiger partial charge >= 0.3 is 6.16 Å². The molecule has 9 nitrogen and oxygen atoms in total. The molecule has 1 aliphatic rings. The summed E-state index contributed by atoms with van der Waals surface area (Å²) in [6, 6.07) is 30.4. The van der Waals surface area contributed by atoms with E-state index >= 15 is 0 Å². The minimum Gasteiger partial charge on any atom is -0.493 e. The number of carbonyl (C=O) groups is 2. The lowest BCUT2D eigenvalue weighted by Crippen LogP contribution is -2.49. The number of nitriles is 1. The molecule has 1 heterocycles. The van der Waals surface area contributed by atoms with Crippen LogP contribution < -0.4 is 14.8 Å². The van der Waals surface area contributed by atoms with Gasteiger partial charge in [-0.3, -0.25) is 4.79 Å². The van der Waals surface area contributed by atoms with Crippen LogP contribution in [0.3, 0.4) is 0 Å². The van der Waals surface area contributed by atoms with Gasteiger partial charge in [0.05, 0.1) is 18.7 Å². The van der Waals surface area contributed by atoms with Crippen LogP contribution in [0, 0.1) is 11.3 Å². The van der Waals surface area contributed by atoms with E-state index in [1.54, 1.807) is 42.5 Å². The minimum absolute atomic E-state index is 0.175. The number of fused-ring (bicyclic) bond motifs is 1. The van der Waals surface area contributed by atoms with Crippen LogP contribution in [0.25, 0.3) is 0 Å². The summed E-state index contributed by atoms with van der Waals surface area (Å²) >= 11 is 0. The van der Waals surface area contributed by atoms with Crippen molar-refractivity contribution < 1.29 is 28.9 Å². The zero-order valence-electron chi connectivity index (χ0n) is 22.9. The molecule has 2 N–H and O–H groups in total. The molecule has 1 aliphatic heterocycles. The Morgan fingerprint density at radius 1 is 0.976 bits per heavy atom. The van der Waals surface area contributed by atoms with E-state index in [2.05, 4.69) is 11.4 Å². The normalized spacial score (nSPS) is 14.6. The van der Waals surface area contributed by atoms with Crippen LogP contribution in [-0.4, -0.2) is 35.4 Å². The molecule has 9 heteroatoms. The number of hydrogen-bond acceptors (Lipinski definition) is 7. The van der Waals surface area contributed by atoms with E-state index in [0.717, 1.165) is 16.7 Å². The number of benzene rings is 4. The van der Waals surface area contributed by atoms with Crippen LogP contribution in [0.2, 0.25) is 0 Å². The minimum atomic E-state index is -1.46. The van der Waals surface area contributed by atoms with Crippen molar-refractivity contribution in [2.75, 3.05) is 12.4 Å². The van der Waals surface area contributed by atoms with Crippen molar-refractivity contribution in [3.8, 4) is 17.6 Å². The average Bonchev–Trinajstić information content (AvgIpc) is 3.02. The van der Waals surface area contributed by atoms with Crippen LogP contribution in [0.4, 0.5) is 10.5 Å². The number of carbonyl (C=O) groups excluding carboxylic acids is 1. The number of nitrogens with one attached hydrogen (secondary N) is 1. The van der Waals surface area contributed by atoms with Gasteiger partial charge in [0, 0.05) is 18.7 Å². The van der Waals surface area contributed by atoms with Crippen LogP contribution >= 0.6 is 0 Å². The summed E-state index contributed by atoms with van der Waals surface area (Å²) in [5.41, 5.74) is 4.48. The first-order valence-corrected chi connectivity index (χ1v) is 13.3. The van der Waals surface area contributed by atoms with Crippen LogP contribution in [-0.2, 0) is 29.1 Å². The third-order valence-electron chi connectivity index (χ3n) is 7.05. The lowest BCUT2D eigenvalue weighted by molar-refractivity contribution is -0.145. The second kappa shape index (κ2) is 12.8. The molecule has 4 aromatic rings. The predicted molar refractivity (Wildman–Crippen MR) is 155 cm³/mol. The van der Waals surface area contributed by atoms with Gasteiger partial charge in [0.25, 0.3) is 5.91 Å². The predicted octanol–water partition coefficient (Wildman–Crippen LogP) is 5.90. The van der Waals surface area contributed by atoms with Crippen molar-refractivity contribution >= 4 is 17.7 Å². The summed E-state index contributed by atoms with van der Waals surface area (Å²) < 4.78 is 16.8. The third kappa shape index (κ3) is 6.45. The Bertz CT molecular complexity index is 1600. The van der Waals surface area contributed by atoms with Crippen molar-refractivity contribution in [1.82, 2.24) is 4.90 Å². The standard InChI is InChI=1S/C33H29N3O6/c1-40-29-17-25(13-16-28(29)41-21-23-7-3-2-4-8-23)31(35-27-14-11-22(19-34)12-15-27)32(37)36-20-26-10-6-5-9-24(26)18-30(36)42-33(38)39/h2-17,30-31,35H,18,20-21H2,1H3,(H,38,39). The number of amides is 1. The average molecular weight is 564 g/mol. The lowest BCUT2D eigenvalue weighted by atomic mass is 9.96. The fourth-order valence-electron chi connectivity index (χ4n) is 4.92. The number of hydrogen-bond donors (Lipinski definition) is 2. The van der Waals surface area contributed by atoms with Crippen molar-refractivity contribution in [2.45, 2.75) is 31.8 Å². The monoisotopic (exact) mass is 563 g/mol. The molecule has 0 radical (unpaired) electrons. The first kappa shape index (κ1) is 28.1. The van der Waals surface area contributed by atoms with E-state index in [4.69, 9.17) is 14.2 Å². The maximum absolute atomic E-state index is 14.3. The number of nitrogens with zero attached hydrogens (tertiary/aromatic N) is 2. The summed E-state index contributed by atoms with van der Waals surface area (Å²) in [6.07, 6.45) is -2.24. The molecular formula is C33H29N3O6. The second-order valence-corrected chi connectivity index (χ2v) is 9.73. The molecule has 0 aromatic heterocycles. The van der Waals surface area contributed by atoms with Gasteiger partial charge < -0.3 is 29.5 Å². The highest BCUT2D eigenvalue weighted by molar-refractivity contribution is 5.87. The summed E-state index contributed by atoms with van der Waals surface area (Å²) in [5, 5.41) is 21.9. The van der Waals surface area contributed by atoms with E-state index in [1.807, 2.05) is 54.6 Å². The number of carboxylic acid groups (broad SMARTS) is 1. The summed E-state index contributed by atoms with van der Waals surface area (Å²) in [7, 11) is 1.53. The molecular weight excluding hydrogens is 534 g/mol. The van der Waals surface area contributed by atoms with Gasteiger partial charge in [-0.25, -0.2) is 4.79 Å². The van der Waals surface area contributed by atoms with Gasteiger partial charge in [0.2, 0.25) is 0 Å². The van der Waals surface area contributed by atoms with Gasteiger partial charge in [-0.15, -0.1) is 0 Å². The molecule has 0 aliphatic carbocycles. The molecule has 4 aromatic carbocycles. The highest BCUT2D eigenvalue weighted by Gasteiger charge is 2.37. The highest BCUT2D eigenvalue weighted by Crippen LogP contribution is 2.35. The number of rotatable bonds is 9. The van der Waals surface area contributed by atoms with Crippen molar-refractivity contribution in [2.24, 2.45) is 0 Å². The zero-order chi connectivity index (χ0) is 29.5. The second-order valence-electron chi connectivity index (χ2n) is 9.73. The van der Waals surface area contributed by atoms with Gasteiger partial charge in [0.15, 0.2) is 17.7 Å². The van der Waals surface area contributed by atoms with Crippen molar-refractivity contribution in [1.29, 1.82) is 5.26 Å².